The van der Waals surface area contributed by atoms with E-state index < -0.39 is 46.2 Å². The molecule has 2 heterocycles. The summed E-state index contributed by atoms with van der Waals surface area (Å²) in [5.41, 5.74) is -6.95. The second-order valence-electron chi connectivity index (χ2n) is 7.72. The molecule has 8 nitrogen and oxygen atoms in total. The van der Waals surface area contributed by atoms with E-state index in [1.165, 1.54) is 15.3 Å². The molecule has 2 aromatic rings. The summed E-state index contributed by atoms with van der Waals surface area (Å²) >= 11 is 1.03. The predicted octanol–water partition coefficient (Wildman–Crippen LogP) is 3.19. The highest BCUT2D eigenvalue weighted by Gasteiger charge is 2.71. The number of halogens is 6. The number of alkyl halides is 6. The number of anilines is 1. The molecule has 0 spiro atoms. The molecule has 1 aliphatic rings. The highest BCUT2D eigenvalue weighted by Crippen LogP contribution is 2.50. The van der Waals surface area contributed by atoms with Crippen molar-refractivity contribution in [2.45, 2.75) is 22.2 Å². The molecule has 1 fully saturated rings. The van der Waals surface area contributed by atoms with E-state index in [2.05, 4.69) is 11.8 Å². The molecule has 1 aliphatic heterocycles. The van der Waals surface area contributed by atoms with Gasteiger partial charge in [-0.1, -0.05) is 24.0 Å². The summed E-state index contributed by atoms with van der Waals surface area (Å²) in [5.74, 6) is 4.65. The molecular weight excluding hydrogens is 552 g/mol. The van der Waals surface area contributed by atoms with Crippen molar-refractivity contribution in [3.8, 4) is 11.8 Å². The Balaban J connectivity index is 1.97. The Labute approximate surface area is 211 Å². The molecule has 0 bridgehead atoms. The van der Waals surface area contributed by atoms with Crippen molar-refractivity contribution in [1.29, 1.82) is 0 Å². The van der Waals surface area contributed by atoms with Crippen molar-refractivity contribution in [3.05, 3.63) is 46.8 Å². The summed E-state index contributed by atoms with van der Waals surface area (Å²) in [6, 6.07) is 4.86. The van der Waals surface area contributed by atoms with Crippen LogP contribution in [0.3, 0.4) is 0 Å². The van der Waals surface area contributed by atoms with Crippen LogP contribution >= 0.6 is 11.3 Å². The van der Waals surface area contributed by atoms with E-state index in [1.54, 1.807) is 11.4 Å². The molecular formula is C21H19F6N3O5S2. The second-order valence-corrected chi connectivity index (χ2v) is 10.8. The third kappa shape index (κ3) is 5.79. The van der Waals surface area contributed by atoms with Crippen molar-refractivity contribution >= 4 is 33.1 Å². The molecule has 1 amide bonds. The number of carboxylic acid groups (broad SMARTS) is 1. The molecule has 1 aromatic carbocycles. The van der Waals surface area contributed by atoms with Gasteiger partial charge < -0.3 is 20.4 Å². The van der Waals surface area contributed by atoms with Gasteiger partial charge in [0.25, 0.3) is 15.6 Å². The minimum absolute atomic E-state index is 0.0234. The Bertz CT molecular complexity index is 1280. The van der Waals surface area contributed by atoms with Gasteiger partial charge >= 0.3 is 18.4 Å². The quantitative estimate of drug-likeness (QED) is 0.376. The number of aliphatic hydroxyl groups is 1. The topological polar surface area (TPSA) is 110 Å². The fourth-order valence-electron chi connectivity index (χ4n) is 3.59. The third-order valence-corrected chi connectivity index (χ3v) is 8.73. The van der Waals surface area contributed by atoms with Crippen LogP contribution in [-0.2, 0) is 15.6 Å². The predicted molar refractivity (Wildman–Crippen MR) is 121 cm³/mol. The Morgan fingerprint density at radius 1 is 1.05 bits per heavy atom. The van der Waals surface area contributed by atoms with E-state index in [0.29, 0.717) is 12.1 Å². The molecule has 0 atom stereocenters. The maximum Gasteiger partial charge on any atom is 0.430 e. The molecule has 3 N–H and O–H groups in total. The number of nitrogens with one attached hydrogen (secondary N) is 1. The summed E-state index contributed by atoms with van der Waals surface area (Å²) < 4.78 is 107. The molecule has 3 rings (SSSR count). The Hall–Kier alpha value is -3.00. The van der Waals surface area contributed by atoms with Crippen LogP contribution in [0, 0.1) is 11.8 Å². The van der Waals surface area contributed by atoms with Gasteiger partial charge in [0.05, 0.1) is 12.2 Å². The van der Waals surface area contributed by atoms with E-state index >= 15 is 0 Å². The van der Waals surface area contributed by atoms with E-state index in [4.69, 9.17) is 5.11 Å². The van der Waals surface area contributed by atoms with Gasteiger partial charge in [0.15, 0.2) is 0 Å². The van der Waals surface area contributed by atoms with Crippen LogP contribution in [0.15, 0.2) is 39.9 Å². The van der Waals surface area contributed by atoms with Crippen molar-refractivity contribution in [2.75, 3.05) is 37.6 Å². The van der Waals surface area contributed by atoms with Crippen molar-refractivity contribution in [3.63, 3.8) is 0 Å². The Morgan fingerprint density at radius 2 is 1.68 bits per heavy atom. The minimum Gasteiger partial charge on any atom is -0.465 e. The highest BCUT2D eigenvalue weighted by molar-refractivity contribution is 7.91. The van der Waals surface area contributed by atoms with E-state index in [0.717, 1.165) is 17.4 Å². The van der Waals surface area contributed by atoms with Crippen molar-refractivity contribution in [1.82, 2.24) is 9.62 Å². The molecule has 1 saturated heterocycles. The van der Waals surface area contributed by atoms with E-state index in [-0.39, 0.29) is 41.6 Å². The molecule has 0 saturated carbocycles. The lowest BCUT2D eigenvalue weighted by Crippen LogP contribution is -2.54. The van der Waals surface area contributed by atoms with E-state index in [1.807, 2.05) is 5.32 Å². The van der Waals surface area contributed by atoms with Gasteiger partial charge in [-0.3, -0.25) is 0 Å². The minimum atomic E-state index is -6.11. The standard InChI is InChI=1S/C21H19F6N3O5S2/c22-20(23,24)19(33,21(25,26)27)15-5-6-16(14(13-15)3-1-7-28-18(31)32)29-8-10-30(11-9-29)37(34,35)17-4-2-12-36-17/h2,4-6,12-13,28,33H,7-11H2,(H,31,32). The summed E-state index contributed by atoms with van der Waals surface area (Å²) in [4.78, 5) is 12.1. The van der Waals surface area contributed by atoms with Gasteiger partial charge in [-0.15, -0.1) is 11.3 Å². The molecule has 0 radical (unpaired) electrons. The number of hydrogen-bond acceptors (Lipinski definition) is 6. The maximum atomic E-state index is 13.4. The molecule has 202 valence electrons. The third-order valence-electron chi connectivity index (χ3n) is 5.45. The lowest BCUT2D eigenvalue weighted by Gasteiger charge is -2.36. The van der Waals surface area contributed by atoms with Gasteiger partial charge in [-0.2, -0.15) is 30.6 Å². The second kappa shape index (κ2) is 10.4. The Kier molecular flexibility index (Phi) is 8.03. The van der Waals surface area contributed by atoms with Crippen LogP contribution in [0.25, 0.3) is 0 Å². The van der Waals surface area contributed by atoms with Gasteiger partial charge in [0, 0.05) is 37.3 Å². The van der Waals surface area contributed by atoms with Gasteiger partial charge in [-0.05, 0) is 23.6 Å². The summed E-state index contributed by atoms with van der Waals surface area (Å²) in [6.07, 6.45) is -13.7. The van der Waals surface area contributed by atoms with E-state index in [9.17, 15) is 44.7 Å². The molecule has 16 heteroatoms. The molecule has 0 unspecified atom stereocenters. The van der Waals surface area contributed by atoms with Crippen molar-refractivity contribution < 1.29 is 49.8 Å². The first-order valence-electron chi connectivity index (χ1n) is 10.3. The highest BCUT2D eigenvalue weighted by atomic mass is 32.2. The van der Waals surface area contributed by atoms with Crippen LogP contribution in [0.4, 0.5) is 36.8 Å². The SMILES string of the molecule is O=C(O)NCC#Cc1cc(C(O)(C(F)(F)F)C(F)(F)F)ccc1N1CCN(S(=O)(=O)c2cccs2)CC1. The fraction of sp³-hybridized carbons (Fsp3) is 0.381. The number of sulfonamides is 1. The number of nitrogens with zero attached hydrogens (tertiary/aromatic N) is 2. The number of benzene rings is 1. The van der Waals surface area contributed by atoms with Crippen LogP contribution < -0.4 is 10.2 Å². The number of rotatable bonds is 5. The first-order chi connectivity index (χ1) is 17.1. The number of piperazine rings is 1. The van der Waals surface area contributed by atoms with Gasteiger partial charge in [-0.25, -0.2) is 13.2 Å². The normalized spacial score (nSPS) is 15.7. The molecule has 0 aliphatic carbocycles. The summed E-state index contributed by atoms with van der Waals surface area (Å²) in [5, 5.41) is 21.9. The zero-order valence-electron chi connectivity index (χ0n) is 18.6. The summed E-state index contributed by atoms with van der Waals surface area (Å²) in [6.45, 7) is -0.451. The number of amides is 1. The first-order valence-corrected chi connectivity index (χ1v) is 12.7. The van der Waals surface area contributed by atoms with Crippen LogP contribution in [0.5, 0.6) is 0 Å². The number of thiophene rings is 1. The molecule has 37 heavy (non-hydrogen) atoms. The average Bonchev–Trinajstić information content (AvgIpc) is 3.36. The lowest BCUT2D eigenvalue weighted by atomic mass is 9.90. The smallest absolute Gasteiger partial charge is 0.430 e. The molecule has 1 aromatic heterocycles. The average molecular weight is 572 g/mol. The van der Waals surface area contributed by atoms with Gasteiger partial charge in [0.2, 0.25) is 0 Å². The van der Waals surface area contributed by atoms with Crippen molar-refractivity contribution in [2.24, 2.45) is 0 Å². The summed E-state index contributed by atoms with van der Waals surface area (Å²) in [7, 11) is -3.77. The first kappa shape index (κ1) is 28.6. The van der Waals surface area contributed by atoms with Crippen LogP contribution in [-0.4, -0.2) is 74.1 Å². The van der Waals surface area contributed by atoms with Gasteiger partial charge in [0.1, 0.15) is 4.21 Å². The number of hydrogen-bond donors (Lipinski definition) is 3. The van der Waals surface area contributed by atoms with Crippen LogP contribution in [0.1, 0.15) is 11.1 Å². The number of carbonyl (C=O) groups is 1. The Morgan fingerprint density at radius 3 is 2.19 bits per heavy atom. The zero-order chi connectivity index (χ0) is 27.6. The van der Waals surface area contributed by atoms with Crippen LogP contribution in [0.2, 0.25) is 0 Å². The maximum absolute atomic E-state index is 13.4. The fourth-order valence-corrected chi connectivity index (χ4v) is 6.16. The lowest BCUT2D eigenvalue weighted by molar-refractivity contribution is -0.376. The largest absolute Gasteiger partial charge is 0.465 e. The zero-order valence-corrected chi connectivity index (χ0v) is 20.2. The monoisotopic (exact) mass is 571 g/mol.